The molecule has 0 radical (unpaired) electrons. The van der Waals surface area contributed by atoms with Gasteiger partial charge in [-0.15, -0.1) is 20.4 Å². The topological polar surface area (TPSA) is 88.1 Å². The Hall–Kier alpha value is -16.4. The second kappa shape index (κ2) is 39.4. The van der Waals surface area contributed by atoms with Crippen LogP contribution in [0.2, 0.25) is 0 Å². The van der Waals surface area contributed by atoms with E-state index in [2.05, 4.69) is 463 Å². The van der Waals surface area contributed by atoms with Gasteiger partial charge in [-0.2, -0.15) is 0 Å². The van der Waals surface area contributed by atoms with Gasteiger partial charge >= 0.3 is 0 Å². The summed E-state index contributed by atoms with van der Waals surface area (Å²) in [6.07, 6.45) is 14.0. The van der Waals surface area contributed by atoms with Crippen LogP contribution in [0.1, 0.15) is 141 Å². The minimum absolute atomic E-state index is 0.457. The summed E-state index contributed by atoms with van der Waals surface area (Å²) in [5.41, 5.74) is 35.6. The quantitative estimate of drug-likeness (QED) is 0.0371. The van der Waals surface area contributed by atoms with Crippen molar-refractivity contribution >= 4 is 38.9 Å². The summed E-state index contributed by atoms with van der Waals surface area (Å²) in [5, 5.41) is 22.2. The summed E-state index contributed by atoms with van der Waals surface area (Å²) in [4.78, 5) is 2.30. The fourth-order valence-corrected chi connectivity index (χ4v) is 23.2. The van der Waals surface area contributed by atoms with Crippen LogP contribution in [0, 0.1) is 5.92 Å². The van der Waals surface area contributed by atoms with E-state index in [1.54, 1.807) is 0 Å². The Balaban J connectivity index is 0.576. The molecule has 10 nitrogen and oxygen atoms in total. The van der Waals surface area contributed by atoms with E-state index in [1.165, 1.54) is 150 Å². The van der Waals surface area contributed by atoms with Gasteiger partial charge in [-0.25, -0.2) is 0 Å². The summed E-state index contributed by atoms with van der Waals surface area (Å²) < 4.78 is 20.4. The van der Waals surface area contributed by atoms with Crippen LogP contribution in [0.5, 0.6) is 5.75 Å². The highest BCUT2D eigenvalue weighted by molar-refractivity contribution is 6.09. The number of nitrogens with zero attached hydrogens (tertiary/aromatic N) is 8. The molecule has 0 amide bonds. The normalized spacial score (nSPS) is 14.3. The first-order chi connectivity index (χ1) is 70.9. The number of aryl methyl sites for hydroxylation is 1. The Morgan fingerprint density at radius 1 is 0.287 bits per heavy atom. The second-order valence-electron chi connectivity index (χ2n) is 38.8. The fraction of sp³-hybridized carbons (Fsp3) is 0.158. The van der Waals surface area contributed by atoms with Crippen LogP contribution >= 0.6 is 0 Å². The predicted molar refractivity (Wildman–Crippen MR) is 587 cm³/mol. The number of hydrogen-bond acceptors (Lipinski definition) is 7. The van der Waals surface area contributed by atoms with Gasteiger partial charge in [0.25, 0.3) is 0 Å². The molecule has 3 unspecified atom stereocenters. The smallest absolute Gasteiger partial charge is 0.168 e. The van der Waals surface area contributed by atoms with Gasteiger partial charge in [0.1, 0.15) is 5.75 Å². The molecule has 0 N–H and O–H groups in total. The summed E-state index contributed by atoms with van der Waals surface area (Å²) in [6.45, 7) is 7.60. The molecule has 0 fully saturated rings. The van der Waals surface area contributed by atoms with Gasteiger partial charge in [0.2, 0.25) is 0 Å². The lowest BCUT2D eigenvalue weighted by Gasteiger charge is -2.34. The number of fused-ring (bicyclic) bond motifs is 16. The minimum atomic E-state index is -0.814. The molecule has 0 bridgehead atoms. The van der Waals surface area contributed by atoms with Crippen LogP contribution in [-0.4, -0.2) is 47.3 Å². The first-order valence-corrected chi connectivity index (χ1v) is 51.3. The highest BCUT2D eigenvalue weighted by Crippen LogP contribution is 2.65. The maximum atomic E-state index is 7.10. The summed E-state index contributed by atoms with van der Waals surface area (Å²) in [5.74, 6) is 4.50. The maximum Gasteiger partial charge on any atom is 0.168 e. The van der Waals surface area contributed by atoms with Crippen molar-refractivity contribution in [2.75, 3.05) is 18.1 Å². The zero-order valence-electron chi connectivity index (χ0n) is 80.9. The number of ether oxygens (including phenoxy) is 2. The highest BCUT2D eigenvalue weighted by atomic mass is 16.5. The minimum Gasteiger partial charge on any atom is -0.493 e. The molecule has 24 rings (SSSR count). The Kier molecular flexibility index (Phi) is 24.6. The van der Waals surface area contributed by atoms with Crippen molar-refractivity contribution in [1.82, 2.24) is 34.1 Å². The first kappa shape index (κ1) is 89.2. The Morgan fingerprint density at radius 3 is 1.19 bits per heavy atom. The molecule has 0 saturated carbocycles. The zero-order valence-corrected chi connectivity index (χ0v) is 80.9. The molecule has 143 heavy (non-hydrogen) atoms. The van der Waals surface area contributed by atoms with E-state index in [-0.39, 0.29) is 0 Å². The Bertz CT molecular complexity index is 8110. The molecular formula is C133H112N8O2. The van der Waals surface area contributed by atoms with Gasteiger partial charge in [-0.05, 0) is 257 Å². The molecule has 3 heterocycles. The van der Waals surface area contributed by atoms with Gasteiger partial charge < -0.3 is 18.9 Å². The summed E-state index contributed by atoms with van der Waals surface area (Å²) in [6, 6.07) is 163. The molecule has 18 aromatic carbocycles. The van der Waals surface area contributed by atoms with Crippen LogP contribution < -0.4 is 9.64 Å². The molecule has 3 aliphatic carbocycles. The monoisotopic (exact) mass is 1850 g/mol. The number of para-hydroxylation sites is 5. The highest BCUT2D eigenvalue weighted by Gasteiger charge is 2.53. The number of unbranched alkanes of at least 4 members (excludes halogenated alkanes) is 8. The summed E-state index contributed by atoms with van der Waals surface area (Å²) >= 11 is 0. The molecule has 696 valence electrons. The molecule has 21 aromatic rings. The zero-order chi connectivity index (χ0) is 95.6. The van der Waals surface area contributed by atoms with Crippen LogP contribution in [-0.2, 0) is 28.7 Å². The lowest BCUT2D eigenvalue weighted by atomic mass is 9.67. The van der Waals surface area contributed by atoms with Crippen LogP contribution in [0.4, 0.5) is 17.1 Å². The van der Waals surface area contributed by atoms with Crippen molar-refractivity contribution in [3.8, 4) is 129 Å². The number of rotatable bonds is 34. The van der Waals surface area contributed by atoms with Crippen molar-refractivity contribution in [3.63, 3.8) is 0 Å². The number of aromatic nitrogens is 7. The van der Waals surface area contributed by atoms with Gasteiger partial charge in [0.15, 0.2) is 23.3 Å². The predicted octanol–water partition coefficient (Wildman–Crippen LogP) is 33.7. The van der Waals surface area contributed by atoms with Crippen LogP contribution in [0.15, 0.2) is 443 Å². The van der Waals surface area contributed by atoms with Crippen LogP contribution in [0.25, 0.3) is 145 Å². The van der Waals surface area contributed by atoms with E-state index < -0.39 is 10.8 Å². The van der Waals surface area contributed by atoms with Crippen molar-refractivity contribution < 1.29 is 9.47 Å². The molecule has 10 heteroatoms. The van der Waals surface area contributed by atoms with Gasteiger partial charge in [0, 0.05) is 85.6 Å². The van der Waals surface area contributed by atoms with E-state index in [9.17, 15) is 0 Å². The lowest BCUT2D eigenvalue weighted by Crippen LogP contribution is -2.28. The van der Waals surface area contributed by atoms with Crippen LogP contribution in [0.3, 0.4) is 0 Å². The molecular weight excluding hydrogens is 1740 g/mol. The maximum absolute atomic E-state index is 7.10. The molecule has 3 aliphatic rings. The molecule has 0 saturated heterocycles. The number of benzene rings is 18. The Morgan fingerprint density at radius 2 is 0.678 bits per heavy atom. The van der Waals surface area contributed by atoms with Crippen molar-refractivity contribution in [3.05, 3.63) is 493 Å². The standard InChI is InChI=1S/C133H112N8O2/c1-3-5-39-92(4-2)91-143-111-75-80-117-112-54-33-35-56-120(112)133(125(117)89-111)123-85-101(95-62-66-99(67-63-95)131-137-135-129(97-42-21-13-22-43-97)141(131)109-52-31-18-32-53-109)69-77-115(123)116-79-71-103(87-124(116)133)102-70-78-114-113-76-68-100(94-60-64-98(65-61-94)130-136-134-128(96-40-19-12-20-41-96)140(130)108-50-29-17-30-51-108)84-121(113)132(122(114)86-102,104-44-23-14-24-45-104)105-72-81-127-119(88-105)118-55-34-36-57-126(118)138(127)82-37-10-8-6-7-9-11-38-83-142-90-93-58-73-110(74-59-93)139(106-46-25-15-26-47-106)107-48-27-16-28-49-107/h12-36,40-81,84-89,92H,3-11,37-39,82-83,90-91H2,1-2H3. The van der Waals surface area contributed by atoms with E-state index in [4.69, 9.17) is 29.9 Å². The molecule has 3 aromatic heterocycles. The average molecular weight is 1850 g/mol. The van der Waals surface area contributed by atoms with E-state index in [1.807, 2.05) is 12.1 Å². The second-order valence-corrected chi connectivity index (χ2v) is 38.8. The van der Waals surface area contributed by atoms with E-state index >= 15 is 0 Å². The molecule has 1 spiro atoms. The number of hydrogen-bond donors (Lipinski definition) is 0. The van der Waals surface area contributed by atoms with Gasteiger partial charge in [-0.1, -0.05) is 399 Å². The first-order valence-electron chi connectivity index (χ1n) is 51.3. The van der Waals surface area contributed by atoms with Crippen molar-refractivity contribution in [2.24, 2.45) is 5.92 Å². The van der Waals surface area contributed by atoms with Gasteiger partial charge in [0.05, 0.1) is 24.0 Å². The lowest BCUT2D eigenvalue weighted by molar-refractivity contribution is 0.116. The van der Waals surface area contributed by atoms with Gasteiger partial charge in [-0.3, -0.25) is 9.13 Å². The average Bonchev–Trinajstić information content (AvgIpc) is 1.51. The third-order valence-electron chi connectivity index (χ3n) is 30.3. The van der Waals surface area contributed by atoms with Crippen molar-refractivity contribution in [2.45, 2.75) is 115 Å². The third-order valence-corrected chi connectivity index (χ3v) is 30.3. The van der Waals surface area contributed by atoms with E-state index in [0.29, 0.717) is 19.1 Å². The SMILES string of the molecule is CCCCC(CC)COc1ccc2c(c1)C1(c3ccccc3-2)c2cc(-c3ccc(-c4nnc(-c5ccccc5)n4-c4ccccc4)cc3)ccc2-c2ccc(-c3ccc4c(c3)C(c3ccccc3)(c3ccc5c(c3)c3ccccc3n5CCCCCCCCCCOCc3ccc(N(c5ccccc5)c5ccccc5)cc3)c3cc(-c5ccc(-c6nnc(-c7ccccc7)n6-c6ccccc6)cc5)ccc3-4)cc21. The van der Waals surface area contributed by atoms with Crippen molar-refractivity contribution in [1.29, 1.82) is 0 Å². The molecule has 0 aliphatic heterocycles. The fourth-order valence-electron chi connectivity index (χ4n) is 23.2. The third kappa shape index (κ3) is 16.4. The Labute approximate surface area is 838 Å². The summed E-state index contributed by atoms with van der Waals surface area (Å²) in [7, 11) is 0. The molecule has 3 atom stereocenters. The number of anilines is 3. The largest absolute Gasteiger partial charge is 0.493 e. The van der Waals surface area contributed by atoms with E-state index in [0.717, 1.165) is 158 Å².